The monoisotopic (exact) mass is 282 g/mol. The van der Waals surface area contributed by atoms with E-state index < -0.39 is 5.97 Å². The SMILES string of the molecule is CCC(CNC(=O)NCc1cn(C)nc1C)CC(=O)O. The summed E-state index contributed by atoms with van der Waals surface area (Å²) in [5.41, 5.74) is 1.84. The van der Waals surface area contributed by atoms with Crippen LogP contribution < -0.4 is 10.6 Å². The van der Waals surface area contributed by atoms with Crippen LogP contribution in [0, 0.1) is 12.8 Å². The molecule has 0 aliphatic carbocycles. The van der Waals surface area contributed by atoms with Gasteiger partial charge in [0.1, 0.15) is 0 Å². The number of nitrogens with one attached hydrogen (secondary N) is 2. The van der Waals surface area contributed by atoms with Gasteiger partial charge in [-0.1, -0.05) is 13.3 Å². The van der Waals surface area contributed by atoms with Gasteiger partial charge in [0.05, 0.1) is 5.69 Å². The summed E-state index contributed by atoms with van der Waals surface area (Å²) < 4.78 is 1.70. The van der Waals surface area contributed by atoms with Crippen LogP contribution in [-0.2, 0) is 18.4 Å². The fourth-order valence-corrected chi connectivity index (χ4v) is 1.91. The number of urea groups is 1. The highest BCUT2D eigenvalue weighted by molar-refractivity contribution is 5.74. The van der Waals surface area contributed by atoms with E-state index in [1.807, 2.05) is 27.1 Å². The van der Waals surface area contributed by atoms with Gasteiger partial charge in [-0.2, -0.15) is 5.10 Å². The lowest BCUT2D eigenvalue weighted by molar-refractivity contribution is -0.138. The Labute approximate surface area is 118 Å². The minimum Gasteiger partial charge on any atom is -0.481 e. The molecule has 1 unspecified atom stereocenters. The summed E-state index contributed by atoms with van der Waals surface area (Å²) in [6.07, 6.45) is 2.64. The molecule has 0 aliphatic heterocycles. The first-order valence-electron chi connectivity index (χ1n) is 6.65. The van der Waals surface area contributed by atoms with Crippen molar-refractivity contribution in [3.05, 3.63) is 17.5 Å². The summed E-state index contributed by atoms with van der Waals surface area (Å²) in [6, 6.07) is -0.294. The van der Waals surface area contributed by atoms with Crippen LogP contribution in [0.5, 0.6) is 0 Å². The number of rotatable bonds is 7. The van der Waals surface area contributed by atoms with Crippen molar-refractivity contribution in [2.75, 3.05) is 6.54 Å². The number of carboxylic acids is 1. The lowest BCUT2D eigenvalue weighted by Gasteiger charge is -2.13. The largest absolute Gasteiger partial charge is 0.481 e. The molecule has 7 heteroatoms. The van der Waals surface area contributed by atoms with E-state index in [0.29, 0.717) is 19.5 Å². The topological polar surface area (TPSA) is 96.3 Å². The summed E-state index contributed by atoms with van der Waals surface area (Å²) >= 11 is 0. The van der Waals surface area contributed by atoms with E-state index in [1.165, 1.54) is 0 Å². The van der Waals surface area contributed by atoms with E-state index in [0.717, 1.165) is 11.3 Å². The molecule has 7 nitrogen and oxygen atoms in total. The third-order valence-corrected chi connectivity index (χ3v) is 3.15. The highest BCUT2D eigenvalue weighted by Crippen LogP contribution is 2.06. The number of aliphatic carboxylic acids is 1. The zero-order valence-corrected chi connectivity index (χ0v) is 12.1. The van der Waals surface area contributed by atoms with Crippen LogP contribution in [0.4, 0.5) is 4.79 Å². The van der Waals surface area contributed by atoms with Crippen molar-refractivity contribution in [2.45, 2.75) is 33.2 Å². The average molecular weight is 282 g/mol. The maximum absolute atomic E-state index is 11.6. The second kappa shape index (κ2) is 7.52. The van der Waals surface area contributed by atoms with Crippen LogP contribution in [-0.4, -0.2) is 33.4 Å². The van der Waals surface area contributed by atoms with Gasteiger partial charge in [0, 0.05) is 38.3 Å². The molecule has 2 amide bonds. The van der Waals surface area contributed by atoms with Crippen molar-refractivity contribution < 1.29 is 14.7 Å². The van der Waals surface area contributed by atoms with Gasteiger partial charge in [0.2, 0.25) is 0 Å². The molecule has 20 heavy (non-hydrogen) atoms. The zero-order chi connectivity index (χ0) is 15.1. The molecule has 0 spiro atoms. The lowest BCUT2D eigenvalue weighted by Crippen LogP contribution is -2.38. The molecule has 112 valence electrons. The minimum absolute atomic E-state index is 0.0432. The summed E-state index contributed by atoms with van der Waals surface area (Å²) in [7, 11) is 1.83. The maximum Gasteiger partial charge on any atom is 0.315 e. The Hall–Kier alpha value is -2.05. The maximum atomic E-state index is 11.6. The lowest BCUT2D eigenvalue weighted by atomic mass is 10.0. The summed E-state index contributed by atoms with van der Waals surface area (Å²) in [5, 5.41) is 18.3. The predicted octanol–water partition coefficient (Wildman–Crippen LogP) is 1.03. The van der Waals surface area contributed by atoms with Crippen LogP contribution in [0.1, 0.15) is 31.0 Å². The number of carboxylic acid groups (broad SMARTS) is 1. The number of hydrogen-bond acceptors (Lipinski definition) is 3. The molecular weight excluding hydrogens is 260 g/mol. The highest BCUT2D eigenvalue weighted by Gasteiger charge is 2.12. The number of carbonyl (C=O) groups is 2. The van der Waals surface area contributed by atoms with Gasteiger partial charge in [-0.05, 0) is 12.8 Å². The normalized spacial score (nSPS) is 11.9. The molecule has 0 bridgehead atoms. The summed E-state index contributed by atoms with van der Waals surface area (Å²) in [5.74, 6) is -0.886. The van der Waals surface area contributed by atoms with E-state index in [2.05, 4.69) is 15.7 Å². The molecule has 0 saturated carbocycles. The molecule has 1 heterocycles. The van der Waals surface area contributed by atoms with Gasteiger partial charge in [-0.25, -0.2) is 4.79 Å². The average Bonchev–Trinajstić information content (AvgIpc) is 2.70. The number of hydrogen-bond donors (Lipinski definition) is 3. The first-order chi connectivity index (χ1) is 9.42. The quantitative estimate of drug-likeness (QED) is 0.696. The fraction of sp³-hybridized carbons (Fsp3) is 0.615. The molecule has 1 aromatic rings. The fourth-order valence-electron chi connectivity index (χ4n) is 1.91. The molecule has 1 atom stereocenters. The Kier molecular flexibility index (Phi) is 6.02. The van der Waals surface area contributed by atoms with Crippen molar-refractivity contribution in [1.29, 1.82) is 0 Å². The minimum atomic E-state index is -0.843. The molecule has 1 aromatic heterocycles. The van der Waals surface area contributed by atoms with Crippen LogP contribution in [0.2, 0.25) is 0 Å². The third kappa shape index (κ3) is 5.29. The zero-order valence-electron chi connectivity index (χ0n) is 12.1. The van der Waals surface area contributed by atoms with E-state index >= 15 is 0 Å². The summed E-state index contributed by atoms with van der Waals surface area (Å²) in [6.45, 7) is 4.56. The van der Waals surface area contributed by atoms with Crippen LogP contribution in [0.3, 0.4) is 0 Å². The van der Waals surface area contributed by atoms with E-state index in [9.17, 15) is 9.59 Å². The Morgan fingerprint density at radius 1 is 1.45 bits per heavy atom. The van der Waals surface area contributed by atoms with Gasteiger partial charge in [0.15, 0.2) is 0 Å². The van der Waals surface area contributed by atoms with Crippen LogP contribution in [0.15, 0.2) is 6.20 Å². The molecule has 0 aliphatic rings. The van der Waals surface area contributed by atoms with E-state index in [1.54, 1.807) is 4.68 Å². The van der Waals surface area contributed by atoms with Crippen molar-refractivity contribution >= 4 is 12.0 Å². The molecule has 3 N–H and O–H groups in total. The molecule has 1 rings (SSSR count). The van der Waals surface area contributed by atoms with E-state index in [-0.39, 0.29) is 18.4 Å². The van der Waals surface area contributed by atoms with Gasteiger partial charge in [-0.3, -0.25) is 9.48 Å². The third-order valence-electron chi connectivity index (χ3n) is 3.15. The van der Waals surface area contributed by atoms with Gasteiger partial charge in [-0.15, -0.1) is 0 Å². The van der Waals surface area contributed by atoms with Crippen LogP contribution in [0.25, 0.3) is 0 Å². The second-order valence-corrected chi connectivity index (χ2v) is 4.85. The number of amides is 2. The van der Waals surface area contributed by atoms with Crippen molar-refractivity contribution in [3.63, 3.8) is 0 Å². The number of nitrogens with zero attached hydrogens (tertiary/aromatic N) is 2. The first kappa shape index (κ1) is 16.0. The van der Waals surface area contributed by atoms with Crippen molar-refractivity contribution in [2.24, 2.45) is 13.0 Å². The standard InChI is InChI=1S/C13H22N4O3/c1-4-10(5-12(18)19)6-14-13(20)15-7-11-8-17(3)16-9(11)2/h8,10H,4-7H2,1-3H3,(H,18,19)(H2,14,15,20). The Bertz CT molecular complexity index is 470. The molecular formula is C13H22N4O3. The van der Waals surface area contributed by atoms with Gasteiger partial charge < -0.3 is 15.7 Å². The Balaban J connectivity index is 2.33. The van der Waals surface area contributed by atoms with Crippen LogP contribution >= 0.6 is 0 Å². The smallest absolute Gasteiger partial charge is 0.315 e. The first-order valence-corrected chi connectivity index (χ1v) is 6.65. The number of carbonyl (C=O) groups excluding carboxylic acids is 1. The number of aromatic nitrogens is 2. The highest BCUT2D eigenvalue weighted by atomic mass is 16.4. The molecule has 0 radical (unpaired) electrons. The number of aryl methyl sites for hydroxylation is 2. The van der Waals surface area contributed by atoms with E-state index in [4.69, 9.17) is 5.11 Å². The van der Waals surface area contributed by atoms with Crippen molar-refractivity contribution in [3.8, 4) is 0 Å². The predicted molar refractivity (Wildman–Crippen MR) is 74.2 cm³/mol. The van der Waals surface area contributed by atoms with Gasteiger partial charge >= 0.3 is 12.0 Å². The molecule has 0 fully saturated rings. The Morgan fingerprint density at radius 2 is 2.15 bits per heavy atom. The molecule has 0 aromatic carbocycles. The Morgan fingerprint density at radius 3 is 2.65 bits per heavy atom. The summed E-state index contributed by atoms with van der Waals surface area (Å²) in [4.78, 5) is 22.3. The second-order valence-electron chi connectivity index (χ2n) is 4.85. The van der Waals surface area contributed by atoms with Crippen molar-refractivity contribution in [1.82, 2.24) is 20.4 Å². The van der Waals surface area contributed by atoms with Gasteiger partial charge in [0.25, 0.3) is 0 Å². The molecule has 0 saturated heterocycles.